The normalized spacial score (nSPS) is 10.8. The molecule has 0 saturated carbocycles. The average Bonchev–Trinajstić information content (AvgIpc) is 3.04. The summed E-state index contributed by atoms with van der Waals surface area (Å²) in [6.07, 6.45) is 1.70. The van der Waals surface area contributed by atoms with Crippen molar-refractivity contribution < 1.29 is 13.6 Å². The summed E-state index contributed by atoms with van der Waals surface area (Å²) < 4.78 is 28.7. The fourth-order valence-electron chi connectivity index (χ4n) is 2.86. The van der Waals surface area contributed by atoms with Crippen LogP contribution in [0.5, 0.6) is 0 Å². The second-order valence-electron chi connectivity index (χ2n) is 6.17. The lowest BCUT2D eigenvalue weighted by atomic mass is 10.1. The highest BCUT2D eigenvalue weighted by atomic mass is 19.1. The Morgan fingerprint density at radius 3 is 2.36 bits per heavy atom. The van der Waals surface area contributed by atoms with Gasteiger partial charge in [-0.25, -0.2) is 13.3 Å². The van der Waals surface area contributed by atoms with Crippen molar-refractivity contribution >= 4 is 28.9 Å². The van der Waals surface area contributed by atoms with E-state index in [2.05, 4.69) is 20.7 Å². The van der Waals surface area contributed by atoms with Crippen molar-refractivity contribution in [3.8, 4) is 11.1 Å². The van der Waals surface area contributed by atoms with E-state index in [9.17, 15) is 13.6 Å². The lowest BCUT2D eigenvalue weighted by molar-refractivity contribution is -0.114. The molecule has 2 heterocycles. The summed E-state index contributed by atoms with van der Waals surface area (Å²) in [4.78, 5) is 15.5. The predicted molar refractivity (Wildman–Crippen MR) is 102 cm³/mol. The molecule has 0 aliphatic heterocycles. The van der Waals surface area contributed by atoms with E-state index < -0.39 is 11.6 Å². The first-order chi connectivity index (χ1) is 13.5. The van der Waals surface area contributed by atoms with Crippen molar-refractivity contribution in [3.05, 3.63) is 72.4 Å². The molecule has 0 unspecified atom stereocenters. The second kappa shape index (κ2) is 7.07. The molecule has 0 atom stereocenters. The van der Waals surface area contributed by atoms with Gasteiger partial charge in [0, 0.05) is 36.1 Å². The van der Waals surface area contributed by atoms with Crippen LogP contribution >= 0.6 is 0 Å². The number of nitrogens with one attached hydrogen (secondary N) is 2. The molecule has 0 aliphatic carbocycles. The van der Waals surface area contributed by atoms with Gasteiger partial charge in [-0.2, -0.15) is 4.98 Å². The fraction of sp³-hybridized carbons (Fsp3) is 0.0500. The third kappa shape index (κ3) is 3.66. The Hall–Kier alpha value is -3.81. The van der Waals surface area contributed by atoms with Gasteiger partial charge >= 0.3 is 0 Å². The van der Waals surface area contributed by atoms with Crippen molar-refractivity contribution in [2.75, 3.05) is 10.6 Å². The molecule has 140 valence electrons. The number of halogens is 2. The molecule has 1 amide bonds. The number of hydrogen-bond donors (Lipinski definition) is 2. The average molecular weight is 379 g/mol. The second-order valence-corrected chi connectivity index (χ2v) is 6.17. The Balaban J connectivity index is 1.66. The summed E-state index contributed by atoms with van der Waals surface area (Å²) in [6, 6.07) is 13.8. The molecule has 6 nitrogen and oxygen atoms in total. The van der Waals surface area contributed by atoms with Crippen LogP contribution in [0.15, 0.2) is 60.8 Å². The minimum atomic E-state index is -0.658. The summed E-state index contributed by atoms with van der Waals surface area (Å²) in [6.45, 7) is 1.44. The van der Waals surface area contributed by atoms with Gasteiger partial charge in [-0.1, -0.05) is 0 Å². The largest absolute Gasteiger partial charge is 0.326 e. The van der Waals surface area contributed by atoms with Gasteiger partial charge in [0.05, 0.1) is 0 Å². The van der Waals surface area contributed by atoms with Crippen molar-refractivity contribution in [1.82, 2.24) is 14.6 Å². The SMILES string of the molecule is CC(=O)Nc1ccc(Nc2nc3c(-c4cc(F)cc(F)c4)cccn3n2)cc1. The fourth-order valence-corrected chi connectivity index (χ4v) is 2.86. The smallest absolute Gasteiger partial charge is 0.247 e. The first-order valence-electron chi connectivity index (χ1n) is 8.44. The van der Waals surface area contributed by atoms with Gasteiger partial charge in [-0.3, -0.25) is 4.79 Å². The predicted octanol–water partition coefficient (Wildman–Crippen LogP) is 4.38. The summed E-state index contributed by atoms with van der Waals surface area (Å²) in [7, 11) is 0. The van der Waals surface area contributed by atoms with Crippen LogP contribution in [0.25, 0.3) is 16.8 Å². The molecule has 0 fully saturated rings. The Bertz CT molecular complexity index is 1150. The van der Waals surface area contributed by atoms with Crippen LogP contribution in [-0.4, -0.2) is 20.5 Å². The maximum absolute atomic E-state index is 13.6. The zero-order chi connectivity index (χ0) is 19.7. The van der Waals surface area contributed by atoms with E-state index in [-0.39, 0.29) is 5.91 Å². The number of anilines is 3. The first kappa shape index (κ1) is 17.6. The highest BCUT2D eigenvalue weighted by Gasteiger charge is 2.12. The van der Waals surface area contributed by atoms with E-state index >= 15 is 0 Å². The number of hydrogen-bond acceptors (Lipinski definition) is 4. The van der Waals surface area contributed by atoms with E-state index in [0.29, 0.717) is 28.4 Å². The summed E-state index contributed by atoms with van der Waals surface area (Å²) in [5.74, 6) is -1.14. The molecular formula is C20H15F2N5O. The van der Waals surface area contributed by atoms with E-state index in [4.69, 9.17) is 0 Å². The molecule has 0 spiro atoms. The van der Waals surface area contributed by atoms with Gasteiger partial charge in [0.2, 0.25) is 11.9 Å². The highest BCUT2D eigenvalue weighted by molar-refractivity contribution is 5.88. The maximum Gasteiger partial charge on any atom is 0.247 e. The molecular weight excluding hydrogens is 364 g/mol. The number of carbonyl (C=O) groups excluding carboxylic acids is 1. The zero-order valence-corrected chi connectivity index (χ0v) is 14.8. The third-order valence-corrected chi connectivity index (χ3v) is 4.00. The van der Waals surface area contributed by atoms with Gasteiger partial charge in [0.1, 0.15) is 11.6 Å². The van der Waals surface area contributed by atoms with Crippen LogP contribution in [0.2, 0.25) is 0 Å². The molecule has 0 radical (unpaired) electrons. The summed E-state index contributed by atoms with van der Waals surface area (Å²) in [5.41, 5.74) is 2.80. The van der Waals surface area contributed by atoms with Gasteiger partial charge in [0.15, 0.2) is 5.65 Å². The van der Waals surface area contributed by atoms with Gasteiger partial charge in [-0.15, -0.1) is 5.10 Å². The summed E-state index contributed by atoms with van der Waals surface area (Å²) >= 11 is 0. The van der Waals surface area contributed by atoms with Crippen LogP contribution < -0.4 is 10.6 Å². The van der Waals surface area contributed by atoms with Gasteiger partial charge in [-0.05, 0) is 54.1 Å². The van der Waals surface area contributed by atoms with Crippen molar-refractivity contribution in [1.29, 1.82) is 0 Å². The third-order valence-electron chi connectivity index (χ3n) is 4.00. The van der Waals surface area contributed by atoms with E-state index in [1.54, 1.807) is 42.6 Å². The zero-order valence-electron chi connectivity index (χ0n) is 14.8. The van der Waals surface area contributed by atoms with Crippen LogP contribution in [-0.2, 0) is 4.79 Å². The van der Waals surface area contributed by atoms with Gasteiger partial charge < -0.3 is 10.6 Å². The molecule has 2 aromatic carbocycles. The molecule has 0 bridgehead atoms. The van der Waals surface area contributed by atoms with Crippen LogP contribution in [0, 0.1) is 11.6 Å². The number of rotatable bonds is 4. The monoisotopic (exact) mass is 379 g/mol. The Kier molecular flexibility index (Phi) is 4.44. The number of nitrogens with zero attached hydrogens (tertiary/aromatic N) is 3. The number of benzene rings is 2. The molecule has 4 rings (SSSR count). The minimum Gasteiger partial charge on any atom is -0.326 e. The molecule has 2 aromatic heterocycles. The van der Waals surface area contributed by atoms with Crippen molar-refractivity contribution in [2.24, 2.45) is 0 Å². The topological polar surface area (TPSA) is 71.3 Å². The number of amides is 1. The Morgan fingerprint density at radius 2 is 1.68 bits per heavy atom. The van der Waals surface area contributed by atoms with Crippen molar-refractivity contribution in [3.63, 3.8) is 0 Å². The standard InChI is InChI=1S/C20H15F2N5O/c1-12(28)23-16-4-6-17(7-5-16)24-20-25-19-18(3-2-8-27(19)26-20)13-9-14(21)11-15(22)10-13/h2-11H,1H3,(H,23,28)(H,24,26). The van der Waals surface area contributed by atoms with Crippen molar-refractivity contribution in [2.45, 2.75) is 6.92 Å². The summed E-state index contributed by atoms with van der Waals surface area (Å²) in [5, 5.41) is 10.1. The number of fused-ring (bicyclic) bond motifs is 1. The number of carbonyl (C=O) groups is 1. The molecule has 4 aromatic rings. The molecule has 2 N–H and O–H groups in total. The van der Waals surface area contributed by atoms with Crippen LogP contribution in [0.4, 0.5) is 26.1 Å². The Morgan fingerprint density at radius 1 is 1.00 bits per heavy atom. The number of aromatic nitrogens is 3. The van der Waals surface area contributed by atoms with E-state index in [1.165, 1.54) is 23.6 Å². The first-order valence-corrected chi connectivity index (χ1v) is 8.44. The molecule has 8 heteroatoms. The molecule has 0 saturated heterocycles. The quantitative estimate of drug-likeness (QED) is 0.552. The number of pyridine rings is 1. The van der Waals surface area contributed by atoms with Gasteiger partial charge in [0.25, 0.3) is 0 Å². The highest BCUT2D eigenvalue weighted by Crippen LogP contribution is 2.26. The van der Waals surface area contributed by atoms with E-state index in [0.717, 1.165) is 11.8 Å². The lowest BCUT2D eigenvalue weighted by Gasteiger charge is -2.04. The minimum absolute atomic E-state index is 0.149. The molecule has 28 heavy (non-hydrogen) atoms. The van der Waals surface area contributed by atoms with E-state index in [1.807, 2.05) is 0 Å². The maximum atomic E-state index is 13.6. The Labute approximate surface area is 158 Å². The lowest BCUT2D eigenvalue weighted by Crippen LogP contribution is -2.05. The van der Waals surface area contributed by atoms with Crippen LogP contribution in [0.3, 0.4) is 0 Å². The van der Waals surface area contributed by atoms with Crippen LogP contribution in [0.1, 0.15) is 6.92 Å². The molecule has 0 aliphatic rings.